The number of rotatable bonds is 8. The SMILES string of the molecule is CC(C)[C@@](C)(NCc1ccc(C=CC(=O)NO)cc1)C(=O)OC1CCCC1. The van der Waals surface area contributed by atoms with Crippen molar-refractivity contribution < 1.29 is 19.5 Å². The van der Waals surface area contributed by atoms with Gasteiger partial charge in [-0.05, 0) is 55.7 Å². The second-order valence-corrected chi connectivity index (χ2v) is 7.57. The molecule has 0 unspecified atom stereocenters. The van der Waals surface area contributed by atoms with Gasteiger partial charge in [0, 0.05) is 12.6 Å². The summed E-state index contributed by atoms with van der Waals surface area (Å²) < 4.78 is 5.74. The zero-order valence-corrected chi connectivity index (χ0v) is 16.3. The van der Waals surface area contributed by atoms with Crippen molar-refractivity contribution in [1.82, 2.24) is 10.8 Å². The van der Waals surface area contributed by atoms with Gasteiger partial charge >= 0.3 is 5.97 Å². The molecule has 1 fully saturated rings. The summed E-state index contributed by atoms with van der Waals surface area (Å²) in [6, 6.07) is 7.63. The van der Waals surface area contributed by atoms with Crippen LogP contribution in [0.25, 0.3) is 6.08 Å². The third-order valence-electron chi connectivity index (χ3n) is 5.33. The van der Waals surface area contributed by atoms with Crippen LogP contribution in [0.3, 0.4) is 0 Å². The van der Waals surface area contributed by atoms with E-state index in [1.54, 1.807) is 11.6 Å². The van der Waals surface area contributed by atoms with Crippen LogP contribution >= 0.6 is 0 Å². The molecule has 0 heterocycles. The maximum absolute atomic E-state index is 12.8. The summed E-state index contributed by atoms with van der Waals surface area (Å²) in [4.78, 5) is 23.8. The molecule has 0 aliphatic heterocycles. The maximum atomic E-state index is 12.8. The number of nitrogens with one attached hydrogen (secondary N) is 2. The van der Waals surface area contributed by atoms with Gasteiger partial charge in [-0.15, -0.1) is 0 Å². The van der Waals surface area contributed by atoms with E-state index in [2.05, 4.69) is 5.32 Å². The van der Waals surface area contributed by atoms with Crippen molar-refractivity contribution in [3.05, 3.63) is 41.5 Å². The molecule has 1 amide bonds. The zero-order valence-electron chi connectivity index (χ0n) is 16.3. The summed E-state index contributed by atoms with van der Waals surface area (Å²) in [6.07, 6.45) is 7.10. The average molecular weight is 374 g/mol. The van der Waals surface area contributed by atoms with Crippen molar-refractivity contribution in [2.75, 3.05) is 0 Å². The van der Waals surface area contributed by atoms with Crippen molar-refractivity contribution in [3.63, 3.8) is 0 Å². The van der Waals surface area contributed by atoms with Crippen LogP contribution in [0, 0.1) is 5.92 Å². The molecule has 1 aliphatic carbocycles. The monoisotopic (exact) mass is 374 g/mol. The zero-order chi connectivity index (χ0) is 19.9. The molecule has 0 radical (unpaired) electrons. The lowest BCUT2D eigenvalue weighted by Gasteiger charge is -2.33. The van der Waals surface area contributed by atoms with Crippen molar-refractivity contribution in [2.45, 2.75) is 64.6 Å². The quantitative estimate of drug-likeness (QED) is 0.281. The number of benzene rings is 1. The fourth-order valence-electron chi connectivity index (χ4n) is 3.03. The third-order valence-corrected chi connectivity index (χ3v) is 5.33. The van der Waals surface area contributed by atoms with Crippen LogP contribution in [0.4, 0.5) is 0 Å². The average Bonchev–Trinajstić information content (AvgIpc) is 3.17. The summed E-state index contributed by atoms with van der Waals surface area (Å²) in [5.41, 5.74) is 2.67. The molecular formula is C21H30N2O4. The highest BCUT2D eigenvalue weighted by Gasteiger charge is 2.39. The lowest BCUT2D eigenvalue weighted by atomic mass is 9.88. The molecule has 1 saturated carbocycles. The van der Waals surface area contributed by atoms with E-state index in [1.165, 1.54) is 6.08 Å². The minimum Gasteiger partial charge on any atom is -0.461 e. The maximum Gasteiger partial charge on any atom is 0.326 e. The second-order valence-electron chi connectivity index (χ2n) is 7.57. The minimum atomic E-state index is -0.750. The van der Waals surface area contributed by atoms with Gasteiger partial charge < -0.3 is 4.74 Å². The molecule has 3 N–H and O–H groups in total. The molecule has 0 bridgehead atoms. The standard InChI is InChI=1S/C21H30N2O4/c1-15(2)21(3,20(25)27-18-6-4-5-7-18)22-14-17-10-8-16(9-11-17)12-13-19(24)23-26/h8-13,15,18,22,26H,4-7,14H2,1-3H3,(H,23,24)/t21-/m1/s1. The Hall–Kier alpha value is -2.18. The summed E-state index contributed by atoms with van der Waals surface area (Å²) in [7, 11) is 0. The van der Waals surface area contributed by atoms with Crippen LogP contribution in [0.2, 0.25) is 0 Å². The van der Waals surface area contributed by atoms with E-state index in [-0.39, 0.29) is 18.0 Å². The van der Waals surface area contributed by atoms with E-state index in [0.29, 0.717) is 6.54 Å². The van der Waals surface area contributed by atoms with Crippen LogP contribution in [0.15, 0.2) is 30.3 Å². The van der Waals surface area contributed by atoms with Gasteiger partial charge in [0.05, 0.1) is 0 Å². The van der Waals surface area contributed by atoms with Gasteiger partial charge in [0.2, 0.25) is 0 Å². The Morgan fingerprint density at radius 1 is 1.26 bits per heavy atom. The molecule has 0 aromatic heterocycles. The molecule has 6 nitrogen and oxygen atoms in total. The van der Waals surface area contributed by atoms with E-state index < -0.39 is 11.4 Å². The number of esters is 1. The van der Waals surface area contributed by atoms with Gasteiger partial charge in [0.25, 0.3) is 5.91 Å². The molecule has 1 aliphatic rings. The Balaban J connectivity index is 1.97. The fourth-order valence-corrected chi connectivity index (χ4v) is 3.03. The highest BCUT2D eigenvalue weighted by Crippen LogP contribution is 2.26. The van der Waals surface area contributed by atoms with E-state index in [4.69, 9.17) is 9.94 Å². The fraction of sp³-hybridized carbons (Fsp3) is 0.524. The first kappa shape index (κ1) is 21.1. The van der Waals surface area contributed by atoms with Crippen molar-refractivity contribution >= 4 is 18.0 Å². The Kier molecular flexibility index (Phi) is 7.56. The number of carbonyl (C=O) groups is 2. The molecule has 0 spiro atoms. The van der Waals surface area contributed by atoms with Crippen molar-refractivity contribution in [2.24, 2.45) is 5.92 Å². The molecule has 1 aromatic rings. The Bertz CT molecular complexity index is 663. The van der Waals surface area contributed by atoms with Crippen LogP contribution < -0.4 is 10.8 Å². The molecule has 1 atom stereocenters. The largest absolute Gasteiger partial charge is 0.461 e. The van der Waals surface area contributed by atoms with Crippen molar-refractivity contribution in [1.29, 1.82) is 0 Å². The van der Waals surface area contributed by atoms with Crippen LogP contribution in [-0.4, -0.2) is 28.7 Å². The van der Waals surface area contributed by atoms with Crippen LogP contribution in [-0.2, 0) is 20.9 Å². The van der Waals surface area contributed by atoms with Gasteiger partial charge in [-0.25, -0.2) is 5.48 Å². The first-order chi connectivity index (χ1) is 12.8. The highest BCUT2D eigenvalue weighted by atomic mass is 16.5. The van der Waals surface area contributed by atoms with Crippen LogP contribution in [0.5, 0.6) is 0 Å². The van der Waals surface area contributed by atoms with Crippen molar-refractivity contribution in [3.8, 4) is 0 Å². The molecule has 27 heavy (non-hydrogen) atoms. The predicted molar refractivity (Wildman–Crippen MR) is 104 cm³/mol. The summed E-state index contributed by atoms with van der Waals surface area (Å²) >= 11 is 0. The lowest BCUT2D eigenvalue weighted by Crippen LogP contribution is -2.54. The number of hydroxylamine groups is 1. The van der Waals surface area contributed by atoms with Gasteiger partial charge in [0.15, 0.2) is 0 Å². The van der Waals surface area contributed by atoms with E-state index in [0.717, 1.165) is 36.8 Å². The van der Waals surface area contributed by atoms with Crippen LogP contribution in [0.1, 0.15) is 57.6 Å². The normalized spacial score (nSPS) is 17.2. The Morgan fingerprint density at radius 3 is 2.44 bits per heavy atom. The number of hydrogen-bond acceptors (Lipinski definition) is 5. The van der Waals surface area contributed by atoms with Gasteiger partial charge in [-0.1, -0.05) is 38.1 Å². The molecular weight excluding hydrogens is 344 g/mol. The number of carbonyl (C=O) groups excluding carboxylic acids is 2. The van der Waals surface area contributed by atoms with Gasteiger partial charge in [-0.2, -0.15) is 0 Å². The van der Waals surface area contributed by atoms with Gasteiger partial charge in [0.1, 0.15) is 11.6 Å². The van der Waals surface area contributed by atoms with E-state index >= 15 is 0 Å². The second kappa shape index (κ2) is 9.67. The Labute approximate surface area is 160 Å². The first-order valence-corrected chi connectivity index (χ1v) is 9.52. The lowest BCUT2D eigenvalue weighted by molar-refractivity contribution is -0.158. The molecule has 148 valence electrons. The smallest absolute Gasteiger partial charge is 0.326 e. The predicted octanol–water partition coefficient (Wildman–Crippen LogP) is 3.20. The molecule has 6 heteroatoms. The summed E-state index contributed by atoms with van der Waals surface area (Å²) in [6.45, 7) is 6.47. The third kappa shape index (κ3) is 5.91. The van der Waals surface area contributed by atoms with Gasteiger partial charge in [-0.3, -0.25) is 20.1 Å². The summed E-state index contributed by atoms with van der Waals surface area (Å²) in [5, 5.41) is 11.9. The highest BCUT2D eigenvalue weighted by molar-refractivity contribution is 5.90. The topological polar surface area (TPSA) is 87.7 Å². The molecule has 0 saturated heterocycles. The summed E-state index contributed by atoms with van der Waals surface area (Å²) in [5.74, 6) is -0.668. The first-order valence-electron chi connectivity index (χ1n) is 9.52. The Morgan fingerprint density at radius 2 is 1.89 bits per heavy atom. The minimum absolute atomic E-state index is 0.0552. The number of hydrogen-bond donors (Lipinski definition) is 3. The molecule has 2 rings (SSSR count). The van der Waals surface area contributed by atoms with E-state index in [9.17, 15) is 9.59 Å². The number of ether oxygens (including phenoxy) is 1. The van der Waals surface area contributed by atoms with E-state index in [1.807, 2.05) is 45.0 Å². The number of amides is 1. The molecule has 1 aromatic carbocycles.